The lowest BCUT2D eigenvalue weighted by Crippen LogP contribution is -2.37. The molecule has 0 spiro atoms. The number of piperidine rings is 1. The molecule has 0 atom stereocenters. The first-order chi connectivity index (χ1) is 19.4. The predicted octanol–water partition coefficient (Wildman–Crippen LogP) is 5.94. The zero-order chi connectivity index (χ0) is 28.5. The Labute approximate surface area is 240 Å². The molecular formula is C30H39ClN4O5. The van der Waals surface area contributed by atoms with Crippen LogP contribution in [0, 0.1) is 11.8 Å². The van der Waals surface area contributed by atoms with Gasteiger partial charge in [-0.1, -0.05) is 25.4 Å². The van der Waals surface area contributed by atoms with Crippen LogP contribution in [0.25, 0.3) is 10.9 Å². The van der Waals surface area contributed by atoms with Gasteiger partial charge in [-0.05, 0) is 68.5 Å². The highest BCUT2D eigenvalue weighted by Gasteiger charge is 2.19. The lowest BCUT2D eigenvalue weighted by atomic mass is 9.98. The topological polar surface area (TPSA) is 105 Å². The van der Waals surface area contributed by atoms with E-state index in [-0.39, 0.29) is 12.6 Å². The molecule has 1 saturated heterocycles. The van der Waals surface area contributed by atoms with Crippen molar-refractivity contribution in [2.24, 2.45) is 11.8 Å². The number of carbonyl (C=O) groups excluding carboxylic acids is 1. The molecule has 1 aliphatic rings. The van der Waals surface area contributed by atoms with Gasteiger partial charge < -0.3 is 30.0 Å². The maximum absolute atomic E-state index is 12.2. The van der Waals surface area contributed by atoms with E-state index in [2.05, 4.69) is 34.4 Å². The highest BCUT2D eigenvalue weighted by Crippen LogP contribution is 2.38. The number of carbonyl (C=O) groups is 1. The number of hydrogen-bond donors (Lipinski definition) is 3. The molecule has 0 radical (unpaired) electrons. The molecule has 40 heavy (non-hydrogen) atoms. The number of halogens is 1. The summed E-state index contributed by atoms with van der Waals surface area (Å²) in [4.78, 5) is 19.0. The summed E-state index contributed by atoms with van der Waals surface area (Å²) in [5.41, 5.74) is 1.20. The number of rotatable bonds is 12. The van der Waals surface area contributed by atoms with Crippen molar-refractivity contribution in [1.82, 2.24) is 15.2 Å². The van der Waals surface area contributed by atoms with Crippen LogP contribution in [-0.2, 0) is 0 Å². The van der Waals surface area contributed by atoms with Crippen LogP contribution in [0.2, 0.25) is 5.02 Å². The Morgan fingerprint density at radius 3 is 2.65 bits per heavy atom. The molecule has 0 bridgehead atoms. The Bertz CT molecular complexity index is 1280. The number of fused-ring (bicyclic) bond motifs is 1. The Morgan fingerprint density at radius 2 is 1.95 bits per heavy atom. The zero-order valence-electron chi connectivity index (χ0n) is 23.4. The summed E-state index contributed by atoms with van der Waals surface area (Å²) in [5.74, 6) is 3.24. The van der Waals surface area contributed by atoms with Gasteiger partial charge in [0.2, 0.25) is 0 Å². The summed E-state index contributed by atoms with van der Waals surface area (Å²) in [6.45, 7) is 8.35. The maximum atomic E-state index is 12.2. The van der Waals surface area contributed by atoms with Crippen molar-refractivity contribution in [3.8, 4) is 23.0 Å². The summed E-state index contributed by atoms with van der Waals surface area (Å²) in [7, 11) is 1.61. The summed E-state index contributed by atoms with van der Waals surface area (Å²) < 4.78 is 17.9. The number of aliphatic hydroxyl groups is 1. The van der Waals surface area contributed by atoms with Crippen molar-refractivity contribution in [3.05, 3.63) is 47.6 Å². The van der Waals surface area contributed by atoms with Gasteiger partial charge in [0.25, 0.3) is 0 Å². The highest BCUT2D eigenvalue weighted by molar-refractivity contribution is 6.33. The minimum Gasteiger partial charge on any atom is -0.493 e. The molecule has 0 saturated carbocycles. The van der Waals surface area contributed by atoms with Crippen LogP contribution in [0.3, 0.4) is 0 Å². The number of benzene rings is 2. The molecule has 3 aromatic rings. The number of pyridine rings is 1. The lowest BCUT2D eigenvalue weighted by molar-refractivity contribution is 0.118. The normalized spacial score (nSPS) is 14.3. The first-order valence-corrected chi connectivity index (χ1v) is 14.2. The van der Waals surface area contributed by atoms with Crippen molar-refractivity contribution in [2.75, 3.05) is 51.8 Å². The number of methoxy groups -OCH3 is 1. The van der Waals surface area contributed by atoms with Gasteiger partial charge in [-0.2, -0.15) is 0 Å². The molecule has 1 fully saturated rings. The Kier molecular flexibility index (Phi) is 10.7. The van der Waals surface area contributed by atoms with Crippen LogP contribution in [0.15, 0.2) is 42.6 Å². The molecule has 2 heterocycles. The van der Waals surface area contributed by atoms with Crippen molar-refractivity contribution >= 4 is 34.2 Å². The molecule has 3 N–H and O–H groups in total. The number of hydrogen-bond acceptors (Lipinski definition) is 7. The molecule has 2 amide bonds. The minimum absolute atomic E-state index is 0.268. The van der Waals surface area contributed by atoms with Gasteiger partial charge in [0.05, 0.1) is 23.3 Å². The second-order valence-corrected chi connectivity index (χ2v) is 10.9. The second-order valence-electron chi connectivity index (χ2n) is 10.5. The van der Waals surface area contributed by atoms with Crippen LogP contribution >= 0.6 is 11.6 Å². The van der Waals surface area contributed by atoms with Gasteiger partial charge in [0.1, 0.15) is 18.1 Å². The first-order valence-electron chi connectivity index (χ1n) is 13.8. The van der Waals surface area contributed by atoms with E-state index in [9.17, 15) is 9.90 Å². The molecule has 9 nitrogen and oxygen atoms in total. The van der Waals surface area contributed by atoms with E-state index in [1.54, 1.807) is 37.6 Å². The van der Waals surface area contributed by atoms with Crippen LogP contribution in [0.1, 0.15) is 33.1 Å². The smallest absolute Gasteiger partial charge is 0.319 e. The number of amides is 2. The first kappa shape index (κ1) is 29.7. The van der Waals surface area contributed by atoms with Crippen molar-refractivity contribution in [3.63, 3.8) is 0 Å². The molecule has 0 unspecified atom stereocenters. The van der Waals surface area contributed by atoms with Gasteiger partial charge in [0.15, 0.2) is 11.5 Å². The third-order valence-electron chi connectivity index (χ3n) is 7.04. The van der Waals surface area contributed by atoms with E-state index in [4.69, 9.17) is 25.8 Å². The van der Waals surface area contributed by atoms with Crippen LogP contribution in [-0.4, -0.2) is 67.5 Å². The third-order valence-corrected chi connectivity index (χ3v) is 7.35. The SMILES string of the molecule is COc1cc2c(Oc3ccc(NC(=O)NCCC(C)C)c(Cl)c3)ccnc2cc1OCCN1CCC(CO)CC1. The number of ether oxygens (including phenoxy) is 3. The summed E-state index contributed by atoms with van der Waals surface area (Å²) in [5, 5.41) is 16.1. The largest absolute Gasteiger partial charge is 0.493 e. The fourth-order valence-electron chi connectivity index (χ4n) is 4.60. The lowest BCUT2D eigenvalue weighted by Gasteiger charge is -2.30. The molecular weight excluding hydrogens is 532 g/mol. The molecule has 0 aliphatic carbocycles. The number of nitrogens with one attached hydrogen (secondary N) is 2. The summed E-state index contributed by atoms with van der Waals surface area (Å²) in [6, 6.07) is 10.3. The molecule has 1 aliphatic heterocycles. The molecule has 10 heteroatoms. The number of anilines is 1. The fraction of sp³-hybridized carbons (Fsp3) is 0.467. The van der Waals surface area contributed by atoms with Crippen LogP contribution in [0.5, 0.6) is 23.0 Å². The molecule has 4 rings (SSSR count). The van der Waals surface area contributed by atoms with Crippen molar-refractivity contribution in [2.45, 2.75) is 33.1 Å². The quantitative estimate of drug-likeness (QED) is 0.247. The molecule has 2 aromatic carbocycles. The van der Waals surface area contributed by atoms with Gasteiger partial charge in [-0.25, -0.2) is 4.79 Å². The number of urea groups is 1. The minimum atomic E-state index is -0.298. The van der Waals surface area contributed by atoms with Crippen molar-refractivity contribution < 1.29 is 24.1 Å². The van der Waals surface area contributed by atoms with Gasteiger partial charge in [0, 0.05) is 43.4 Å². The standard InChI is InChI=1S/C30H39ClN4O5/c1-20(2)6-10-33-30(37)34-25-5-4-22(16-24(25)31)40-27-7-11-32-26-18-29(28(38-3)17-23(26)27)39-15-14-35-12-8-21(19-36)9-13-35/h4-5,7,11,16-18,20-21,36H,6,8-10,12-15,19H2,1-3H3,(H2,33,34,37). The average Bonchev–Trinajstić information content (AvgIpc) is 2.94. The van der Waals surface area contributed by atoms with E-state index in [1.807, 2.05) is 12.1 Å². The third kappa shape index (κ3) is 8.13. The number of aliphatic hydroxyl groups excluding tert-OH is 1. The number of nitrogens with zero attached hydrogens (tertiary/aromatic N) is 2. The van der Waals surface area contributed by atoms with Gasteiger partial charge >= 0.3 is 6.03 Å². The number of aromatic nitrogens is 1. The van der Waals surface area contributed by atoms with Crippen LogP contribution < -0.4 is 24.8 Å². The summed E-state index contributed by atoms with van der Waals surface area (Å²) in [6.07, 6.45) is 4.61. The number of likely N-dealkylation sites (tertiary alicyclic amines) is 1. The highest BCUT2D eigenvalue weighted by atomic mass is 35.5. The predicted molar refractivity (Wildman–Crippen MR) is 158 cm³/mol. The van der Waals surface area contributed by atoms with Crippen molar-refractivity contribution in [1.29, 1.82) is 0 Å². The summed E-state index contributed by atoms with van der Waals surface area (Å²) >= 11 is 6.44. The Balaban J connectivity index is 1.40. The Hall–Kier alpha value is -3.27. The van der Waals surface area contributed by atoms with E-state index in [1.165, 1.54) is 0 Å². The van der Waals surface area contributed by atoms with E-state index < -0.39 is 0 Å². The van der Waals surface area contributed by atoms with E-state index in [0.29, 0.717) is 64.2 Å². The van der Waals surface area contributed by atoms with Gasteiger partial charge in [-0.3, -0.25) is 9.88 Å². The second kappa shape index (κ2) is 14.4. The monoisotopic (exact) mass is 570 g/mol. The average molecular weight is 571 g/mol. The molecule has 1 aromatic heterocycles. The fourth-order valence-corrected chi connectivity index (χ4v) is 4.81. The van der Waals surface area contributed by atoms with E-state index >= 15 is 0 Å². The molecule has 216 valence electrons. The van der Waals surface area contributed by atoms with E-state index in [0.717, 1.165) is 44.3 Å². The maximum Gasteiger partial charge on any atom is 0.319 e. The Morgan fingerprint density at radius 1 is 1.15 bits per heavy atom. The van der Waals surface area contributed by atoms with Gasteiger partial charge in [-0.15, -0.1) is 0 Å². The zero-order valence-corrected chi connectivity index (χ0v) is 24.2. The van der Waals surface area contributed by atoms with Crippen LogP contribution in [0.4, 0.5) is 10.5 Å².